The van der Waals surface area contributed by atoms with E-state index in [1.807, 2.05) is 44.3 Å². The highest BCUT2D eigenvalue weighted by molar-refractivity contribution is 9.10. The van der Waals surface area contributed by atoms with E-state index in [0.717, 1.165) is 16.6 Å². The van der Waals surface area contributed by atoms with E-state index < -0.39 is 0 Å². The first kappa shape index (κ1) is 16.2. The average molecular weight is 368 g/mol. The van der Waals surface area contributed by atoms with Crippen LogP contribution in [0.15, 0.2) is 46.3 Å². The molecule has 0 aliphatic rings. The van der Waals surface area contributed by atoms with Crippen LogP contribution in [0.2, 0.25) is 0 Å². The lowest BCUT2D eigenvalue weighted by atomic mass is 10.1. The molecule has 0 saturated heterocycles. The van der Waals surface area contributed by atoms with Crippen molar-refractivity contribution in [1.82, 2.24) is 5.32 Å². The van der Waals surface area contributed by atoms with Crippen LogP contribution in [0.3, 0.4) is 0 Å². The Hall–Kier alpha value is -1.17. The van der Waals surface area contributed by atoms with E-state index in [4.69, 9.17) is 0 Å². The van der Waals surface area contributed by atoms with E-state index in [9.17, 15) is 4.79 Å². The van der Waals surface area contributed by atoms with Crippen molar-refractivity contribution in [2.75, 3.05) is 13.6 Å². The van der Waals surface area contributed by atoms with Crippen LogP contribution in [0, 0.1) is 0 Å². The number of hydrogen-bond donors (Lipinski definition) is 2. The molecule has 5 heteroatoms. The van der Waals surface area contributed by atoms with Crippen molar-refractivity contribution in [1.29, 1.82) is 0 Å². The minimum absolute atomic E-state index is 0.0279. The topological polar surface area (TPSA) is 33.5 Å². The zero-order valence-electron chi connectivity index (χ0n) is 12.2. The maximum atomic E-state index is 12.1. The van der Waals surface area contributed by atoms with E-state index in [2.05, 4.69) is 32.7 Å². The second kappa shape index (κ2) is 7.73. The summed E-state index contributed by atoms with van der Waals surface area (Å²) in [6.07, 6.45) is 0. The molecule has 21 heavy (non-hydrogen) atoms. The monoisotopic (exact) mass is 367 g/mol. The van der Waals surface area contributed by atoms with Crippen LogP contribution in [0.4, 0.5) is 0 Å². The fourth-order valence-electron chi connectivity index (χ4n) is 2.17. The third-order valence-corrected chi connectivity index (χ3v) is 4.67. The molecule has 1 heterocycles. The normalized spacial score (nSPS) is 13.7. The molecule has 0 radical (unpaired) electrons. The van der Waals surface area contributed by atoms with Crippen LogP contribution in [0.5, 0.6) is 0 Å². The van der Waals surface area contributed by atoms with Crippen molar-refractivity contribution in [3.8, 4) is 0 Å². The lowest BCUT2D eigenvalue weighted by Crippen LogP contribution is -3.08. The average Bonchev–Trinajstić information content (AvgIpc) is 2.91. The summed E-state index contributed by atoms with van der Waals surface area (Å²) in [5, 5.41) is 5.12. The lowest BCUT2D eigenvalue weighted by molar-refractivity contribution is -0.885. The van der Waals surface area contributed by atoms with Crippen molar-refractivity contribution in [3.05, 3.63) is 56.7 Å². The first-order chi connectivity index (χ1) is 10.0. The summed E-state index contributed by atoms with van der Waals surface area (Å²) in [7, 11) is 2.05. The SMILES string of the molecule is C[C@@H](NC(=O)C[NH+](C)Cc1cccs1)c1ccc(Br)cc1. The van der Waals surface area contributed by atoms with Gasteiger partial charge in [0.05, 0.1) is 18.0 Å². The molecule has 1 aromatic carbocycles. The second-order valence-electron chi connectivity index (χ2n) is 5.23. The number of nitrogens with one attached hydrogen (secondary N) is 2. The standard InChI is InChI=1S/C16H19BrN2OS/c1-12(13-5-7-14(17)8-6-13)18-16(20)11-19(2)10-15-4-3-9-21-15/h3-9,12H,10-11H2,1-2H3,(H,18,20)/p+1/t12-/m1/s1. The molecule has 1 aromatic heterocycles. The number of thiophene rings is 1. The van der Waals surface area contributed by atoms with E-state index in [-0.39, 0.29) is 11.9 Å². The van der Waals surface area contributed by atoms with Gasteiger partial charge in [-0.05, 0) is 36.1 Å². The van der Waals surface area contributed by atoms with Crippen molar-refractivity contribution in [2.45, 2.75) is 19.5 Å². The zero-order chi connectivity index (χ0) is 15.2. The quantitative estimate of drug-likeness (QED) is 0.807. The van der Waals surface area contributed by atoms with Gasteiger partial charge in [0.2, 0.25) is 0 Å². The number of likely N-dealkylation sites (N-methyl/N-ethyl adjacent to an activating group) is 1. The minimum atomic E-state index is 0.0279. The highest BCUT2D eigenvalue weighted by Gasteiger charge is 2.14. The van der Waals surface area contributed by atoms with E-state index in [0.29, 0.717) is 6.54 Å². The molecule has 2 rings (SSSR count). The number of rotatable bonds is 6. The molecule has 0 spiro atoms. The van der Waals surface area contributed by atoms with Crippen molar-refractivity contribution < 1.29 is 9.69 Å². The highest BCUT2D eigenvalue weighted by atomic mass is 79.9. The smallest absolute Gasteiger partial charge is 0.275 e. The van der Waals surface area contributed by atoms with Gasteiger partial charge in [-0.25, -0.2) is 0 Å². The molecule has 1 amide bonds. The summed E-state index contributed by atoms with van der Waals surface area (Å²) >= 11 is 5.15. The maximum absolute atomic E-state index is 12.1. The Bertz CT molecular complexity index is 568. The van der Waals surface area contributed by atoms with E-state index in [1.54, 1.807) is 11.3 Å². The first-order valence-corrected chi connectivity index (χ1v) is 8.60. The van der Waals surface area contributed by atoms with Gasteiger partial charge < -0.3 is 10.2 Å². The minimum Gasteiger partial charge on any atom is -0.345 e. The molecule has 2 atom stereocenters. The van der Waals surface area contributed by atoms with E-state index >= 15 is 0 Å². The second-order valence-corrected chi connectivity index (χ2v) is 7.18. The Balaban J connectivity index is 1.82. The van der Waals surface area contributed by atoms with Gasteiger partial charge in [-0.3, -0.25) is 4.79 Å². The summed E-state index contributed by atoms with van der Waals surface area (Å²) in [6.45, 7) is 3.38. The molecule has 0 aliphatic carbocycles. The third-order valence-electron chi connectivity index (χ3n) is 3.27. The number of carbonyl (C=O) groups excluding carboxylic acids is 1. The van der Waals surface area contributed by atoms with Crippen molar-refractivity contribution in [2.24, 2.45) is 0 Å². The van der Waals surface area contributed by atoms with Crippen LogP contribution in [0.1, 0.15) is 23.4 Å². The van der Waals surface area contributed by atoms with Gasteiger partial charge in [0.25, 0.3) is 5.91 Å². The molecule has 0 aliphatic heterocycles. The van der Waals surface area contributed by atoms with Crippen LogP contribution in [-0.2, 0) is 11.3 Å². The Morgan fingerprint density at radius 2 is 2.05 bits per heavy atom. The van der Waals surface area contributed by atoms with Gasteiger partial charge in [-0.1, -0.05) is 34.1 Å². The van der Waals surface area contributed by atoms with Crippen LogP contribution < -0.4 is 10.2 Å². The van der Waals surface area contributed by atoms with Gasteiger partial charge in [0.1, 0.15) is 6.54 Å². The van der Waals surface area contributed by atoms with Crippen LogP contribution in [0.25, 0.3) is 0 Å². The third kappa shape index (κ3) is 5.26. The predicted octanol–water partition coefficient (Wildman–Crippen LogP) is 2.40. The number of amides is 1. The van der Waals surface area contributed by atoms with Gasteiger partial charge in [0, 0.05) is 4.47 Å². The zero-order valence-corrected chi connectivity index (χ0v) is 14.6. The fraction of sp³-hybridized carbons (Fsp3) is 0.312. The summed E-state index contributed by atoms with van der Waals surface area (Å²) in [5.41, 5.74) is 1.11. The number of benzene rings is 1. The number of hydrogen-bond acceptors (Lipinski definition) is 2. The molecule has 0 bridgehead atoms. The first-order valence-electron chi connectivity index (χ1n) is 6.93. The molecule has 0 fully saturated rings. The maximum Gasteiger partial charge on any atom is 0.275 e. The van der Waals surface area contributed by atoms with E-state index in [1.165, 1.54) is 9.78 Å². The highest BCUT2D eigenvalue weighted by Crippen LogP contribution is 2.16. The fourth-order valence-corrected chi connectivity index (χ4v) is 3.26. The molecule has 112 valence electrons. The largest absolute Gasteiger partial charge is 0.345 e. The number of carbonyl (C=O) groups is 1. The predicted molar refractivity (Wildman–Crippen MR) is 90.5 cm³/mol. The Labute approximate surface area is 138 Å². The summed E-state index contributed by atoms with van der Waals surface area (Å²) in [4.78, 5) is 14.6. The summed E-state index contributed by atoms with van der Waals surface area (Å²) < 4.78 is 1.05. The van der Waals surface area contributed by atoms with Crippen molar-refractivity contribution in [3.63, 3.8) is 0 Å². The lowest BCUT2D eigenvalue weighted by Gasteiger charge is -2.17. The van der Waals surface area contributed by atoms with Gasteiger partial charge >= 0.3 is 0 Å². The molecule has 2 N–H and O–H groups in total. The molecule has 2 aromatic rings. The Morgan fingerprint density at radius 3 is 2.67 bits per heavy atom. The van der Waals surface area contributed by atoms with Gasteiger partial charge in [0.15, 0.2) is 6.54 Å². The van der Waals surface area contributed by atoms with Crippen molar-refractivity contribution >= 4 is 33.2 Å². The number of halogens is 1. The molecular formula is C16H20BrN2OS+. The molecule has 0 saturated carbocycles. The number of quaternary nitrogens is 1. The van der Waals surface area contributed by atoms with Crippen LogP contribution >= 0.6 is 27.3 Å². The Morgan fingerprint density at radius 1 is 1.33 bits per heavy atom. The molecular weight excluding hydrogens is 348 g/mol. The Kier molecular flexibility index (Phi) is 5.96. The van der Waals surface area contributed by atoms with Gasteiger partial charge in [-0.2, -0.15) is 0 Å². The summed E-state index contributed by atoms with van der Waals surface area (Å²) in [6, 6.07) is 12.2. The van der Waals surface area contributed by atoms with Crippen LogP contribution in [-0.4, -0.2) is 19.5 Å². The summed E-state index contributed by atoms with van der Waals surface area (Å²) in [5.74, 6) is 0.0828. The van der Waals surface area contributed by atoms with Gasteiger partial charge in [-0.15, -0.1) is 11.3 Å². The molecule has 3 nitrogen and oxygen atoms in total. The molecule has 1 unspecified atom stereocenters.